The van der Waals surface area contributed by atoms with E-state index >= 15 is 0 Å². The molecule has 0 saturated heterocycles. The van der Waals surface area contributed by atoms with Crippen molar-refractivity contribution < 1.29 is 4.74 Å². The van der Waals surface area contributed by atoms with E-state index in [1.165, 1.54) is 0 Å². The second kappa shape index (κ2) is 10.6. The summed E-state index contributed by atoms with van der Waals surface area (Å²) in [5, 5.41) is 1.43. The number of fused-ring (bicyclic) bond motifs is 1. The molecule has 1 aromatic heterocycles. The third-order valence-electron chi connectivity index (χ3n) is 5.93. The van der Waals surface area contributed by atoms with Crippen molar-refractivity contribution in [1.29, 1.82) is 0 Å². The minimum Gasteiger partial charge on any atom is -0.486 e. The highest BCUT2D eigenvalue weighted by molar-refractivity contribution is 6.35. The van der Waals surface area contributed by atoms with Gasteiger partial charge in [0, 0.05) is 17.1 Å². The molecule has 0 spiro atoms. The SMILES string of the molecule is NC(C=C(c1ccccc1)c1ccccc1)c1cc(Cl)c2cccnc2c1OCc1ccccc1. The summed E-state index contributed by atoms with van der Waals surface area (Å²) in [5.41, 5.74) is 12.6. The van der Waals surface area contributed by atoms with E-state index in [1.54, 1.807) is 6.20 Å². The number of pyridine rings is 1. The maximum Gasteiger partial charge on any atom is 0.151 e. The van der Waals surface area contributed by atoms with E-state index in [2.05, 4.69) is 35.3 Å². The van der Waals surface area contributed by atoms with Gasteiger partial charge in [-0.1, -0.05) is 109 Å². The highest BCUT2D eigenvalue weighted by Gasteiger charge is 2.19. The van der Waals surface area contributed by atoms with Crippen LogP contribution in [-0.4, -0.2) is 4.98 Å². The quantitative estimate of drug-likeness (QED) is 0.263. The van der Waals surface area contributed by atoms with E-state index in [9.17, 15) is 0 Å². The monoisotopic (exact) mass is 476 g/mol. The number of rotatable bonds is 7. The molecule has 4 aromatic carbocycles. The number of hydrogen-bond acceptors (Lipinski definition) is 3. The molecule has 1 atom stereocenters. The van der Waals surface area contributed by atoms with E-state index in [4.69, 9.17) is 22.1 Å². The average Bonchev–Trinajstić information content (AvgIpc) is 2.92. The largest absolute Gasteiger partial charge is 0.486 e. The molecule has 0 fully saturated rings. The minimum atomic E-state index is -0.472. The highest BCUT2D eigenvalue weighted by atomic mass is 35.5. The van der Waals surface area contributed by atoms with E-state index < -0.39 is 6.04 Å². The molecule has 0 radical (unpaired) electrons. The van der Waals surface area contributed by atoms with Gasteiger partial charge in [0.1, 0.15) is 12.1 Å². The number of ether oxygens (including phenoxy) is 1. The molecule has 0 aliphatic heterocycles. The molecule has 0 amide bonds. The van der Waals surface area contributed by atoms with Crippen molar-refractivity contribution in [3.8, 4) is 5.75 Å². The van der Waals surface area contributed by atoms with E-state index in [0.29, 0.717) is 22.9 Å². The first kappa shape index (κ1) is 22.9. The summed E-state index contributed by atoms with van der Waals surface area (Å²) in [4.78, 5) is 4.61. The lowest BCUT2D eigenvalue weighted by Gasteiger charge is -2.19. The van der Waals surface area contributed by atoms with Crippen LogP contribution in [0.5, 0.6) is 5.75 Å². The Kier molecular flexibility index (Phi) is 6.89. The standard InChI is InChI=1S/C31H25ClN2O/c32-28-19-27(29(33)20-26(23-13-6-2-7-14-23)24-15-8-3-9-16-24)31(30-25(28)17-10-18-34-30)35-21-22-11-4-1-5-12-22/h1-20,29H,21,33H2. The van der Waals surface area contributed by atoms with E-state index in [0.717, 1.165) is 33.2 Å². The summed E-state index contributed by atoms with van der Waals surface area (Å²) in [6.45, 7) is 0.405. The van der Waals surface area contributed by atoms with Gasteiger partial charge in [-0.05, 0) is 40.5 Å². The predicted octanol–water partition coefficient (Wildman–Crippen LogP) is 7.60. The molecule has 2 N–H and O–H groups in total. The minimum absolute atomic E-state index is 0.405. The van der Waals surface area contributed by atoms with Gasteiger partial charge in [0.15, 0.2) is 5.75 Å². The Hall–Kier alpha value is -3.92. The molecule has 4 heteroatoms. The zero-order chi connectivity index (χ0) is 24.0. The molecule has 1 heterocycles. The van der Waals surface area contributed by atoms with Crippen LogP contribution in [0.2, 0.25) is 5.02 Å². The Balaban J connectivity index is 1.62. The lowest BCUT2D eigenvalue weighted by atomic mass is 9.93. The van der Waals surface area contributed by atoms with Crippen molar-refractivity contribution >= 4 is 28.1 Å². The van der Waals surface area contributed by atoms with Crippen molar-refractivity contribution in [3.05, 3.63) is 149 Å². The molecular formula is C31H25ClN2O. The number of benzene rings is 4. The molecule has 0 bridgehead atoms. The smallest absolute Gasteiger partial charge is 0.151 e. The first-order valence-corrected chi connectivity index (χ1v) is 11.9. The summed E-state index contributed by atoms with van der Waals surface area (Å²) >= 11 is 6.69. The molecule has 5 aromatic rings. The van der Waals surface area contributed by atoms with Gasteiger partial charge in [-0.3, -0.25) is 4.98 Å². The molecule has 0 aliphatic rings. The first-order valence-electron chi connectivity index (χ1n) is 11.5. The van der Waals surface area contributed by atoms with Gasteiger partial charge >= 0.3 is 0 Å². The Bertz CT molecular complexity index is 1410. The van der Waals surface area contributed by atoms with E-state index in [1.807, 2.05) is 84.9 Å². The second-order valence-electron chi connectivity index (χ2n) is 8.29. The van der Waals surface area contributed by atoms with Gasteiger partial charge in [0.05, 0.1) is 11.1 Å². The van der Waals surface area contributed by atoms with Crippen molar-refractivity contribution in [1.82, 2.24) is 4.98 Å². The van der Waals surface area contributed by atoms with Crippen LogP contribution in [-0.2, 0) is 6.61 Å². The van der Waals surface area contributed by atoms with Gasteiger partial charge in [-0.15, -0.1) is 0 Å². The lowest BCUT2D eigenvalue weighted by molar-refractivity contribution is 0.305. The van der Waals surface area contributed by atoms with Gasteiger partial charge < -0.3 is 10.5 Å². The number of nitrogens with zero attached hydrogens (tertiary/aromatic N) is 1. The van der Waals surface area contributed by atoms with Gasteiger partial charge in [0.25, 0.3) is 0 Å². The van der Waals surface area contributed by atoms with Crippen LogP contribution >= 0.6 is 11.6 Å². The van der Waals surface area contributed by atoms with Crippen LogP contribution in [0.3, 0.4) is 0 Å². The Morgan fingerprint density at radius 2 is 1.43 bits per heavy atom. The molecule has 3 nitrogen and oxygen atoms in total. The third-order valence-corrected chi connectivity index (χ3v) is 6.24. The maximum absolute atomic E-state index is 6.86. The molecule has 0 saturated carbocycles. The van der Waals surface area contributed by atoms with Crippen molar-refractivity contribution in [2.75, 3.05) is 0 Å². The number of nitrogens with two attached hydrogens (primary N) is 1. The fraction of sp³-hybridized carbons (Fsp3) is 0.0645. The summed E-state index contributed by atoms with van der Waals surface area (Å²) in [7, 11) is 0. The molecule has 0 aliphatic carbocycles. The second-order valence-corrected chi connectivity index (χ2v) is 8.70. The van der Waals surface area contributed by atoms with Gasteiger partial charge in [-0.2, -0.15) is 0 Å². The zero-order valence-corrected chi connectivity index (χ0v) is 19.9. The molecule has 35 heavy (non-hydrogen) atoms. The van der Waals surface area contributed by atoms with Crippen molar-refractivity contribution in [3.63, 3.8) is 0 Å². The lowest BCUT2D eigenvalue weighted by Crippen LogP contribution is -2.12. The predicted molar refractivity (Wildman–Crippen MR) is 144 cm³/mol. The topological polar surface area (TPSA) is 48.1 Å². The summed E-state index contributed by atoms with van der Waals surface area (Å²) in [5.74, 6) is 0.651. The summed E-state index contributed by atoms with van der Waals surface area (Å²) in [6, 6.07) is 35.8. The van der Waals surface area contributed by atoms with Crippen molar-refractivity contribution in [2.45, 2.75) is 12.6 Å². The Morgan fingerprint density at radius 3 is 2.06 bits per heavy atom. The summed E-state index contributed by atoms with van der Waals surface area (Å²) in [6.07, 6.45) is 3.82. The van der Waals surface area contributed by atoms with Crippen LogP contribution in [0, 0.1) is 0 Å². The van der Waals surface area contributed by atoms with Gasteiger partial charge in [-0.25, -0.2) is 0 Å². The molecule has 1 unspecified atom stereocenters. The van der Waals surface area contributed by atoms with Gasteiger partial charge in [0.2, 0.25) is 0 Å². The average molecular weight is 477 g/mol. The number of hydrogen-bond donors (Lipinski definition) is 1. The van der Waals surface area contributed by atoms with Crippen LogP contribution in [0.15, 0.2) is 121 Å². The number of halogens is 1. The van der Waals surface area contributed by atoms with Crippen LogP contribution < -0.4 is 10.5 Å². The third kappa shape index (κ3) is 5.12. The summed E-state index contributed by atoms with van der Waals surface area (Å²) < 4.78 is 6.38. The number of aromatic nitrogens is 1. The van der Waals surface area contributed by atoms with Crippen LogP contribution in [0.4, 0.5) is 0 Å². The normalized spacial score (nSPS) is 11.7. The van der Waals surface area contributed by atoms with Crippen molar-refractivity contribution in [2.24, 2.45) is 5.73 Å². The van der Waals surface area contributed by atoms with Crippen LogP contribution in [0.1, 0.15) is 28.3 Å². The highest BCUT2D eigenvalue weighted by Crippen LogP contribution is 2.38. The fourth-order valence-corrected chi connectivity index (χ4v) is 4.46. The Morgan fingerprint density at radius 1 is 0.829 bits per heavy atom. The molecular weight excluding hydrogens is 452 g/mol. The molecule has 172 valence electrons. The van der Waals surface area contributed by atoms with Crippen LogP contribution in [0.25, 0.3) is 16.5 Å². The zero-order valence-electron chi connectivity index (χ0n) is 19.1. The first-order chi connectivity index (χ1) is 17.2. The maximum atomic E-state index is 6.86. The van der Waals surface area contributed by atoms with E-state index in [-0.39, 0.29) is 0 Å². The Labute approximate surface area is 210 Å². The fourth-order valence-electron chi connectivity index (χ4n) is 4.19. The molecule has 5 rings (SSSR count).